The number of likely N-dealkylation sites (N-methyl/N-ethyl adjacent to an activating group) is 1. The molecule has 2 aliphatic rings. The molecule has 38 heavy (non-hydrogen) atoms. The van der Waals surface area contributed by atoms with Gasteiger partial charge in [-0.1, -0.05) is 13.8 Å². The van der Waals surface area contributed by atoms with Gasteiger partial charge in [-0.3, -0.25) is 19.2 Å². The van der Waals surface area contributed by atoms with Gasteiger partial charge in [0.1, 0.15) is 17.5 Å². The molecule has 0 spiro atoms. The molecule has 1 aliphatic heterocycles. The summed E-state index contributed by atoms with van der Waals surface area (Å²) >= 11 is 0.796. The summed E-state index contributed by atoms with van der Waals surface area (Å²) in [6.07, 6.45) is -0.219. The number of phenols is 1. The van der Waals surface area contributed by atoms with Crippen LogP contribution in [-0.4, -0.2) is 69.7 Å². The van der Waals surface area contributed by atoms with Gasteiger partial charge in [-0.05, 0) is 36.8 Å². The number of aliphatic carboxylic acids is 2. The maximum absolute atomic E-state index is 13.6. The standard InChI is InChI=1S/C26H32N2O9S/c1-11(2)5-6-17-19-13(7-14(37-17)9-18(30)31)8-15-20(23(19)33)24(34)25(21(27-4)22(15)32)38-10-16(26(35)36)28-12(3)29/h8,11,14,16-17,27,33H,5-7,9-10H2,1-4H3,(H,28,29)(H,30,31)(H,35,36)/t14-,16+,17-/m1/s1. The lowest BCUT2D eigenvalue weighted by Crippen LogP contribution is -2.41. The highest BCUT2D eigenvalue weighted by molar-refractivity contribution is 8.04. The molecule has 11 nitrogen and oxygen atoms in total. The number of aromatic hydroxyl groups is 1. The van der Waals surface area contributed by atoms with Gasteiger partial charge in [0.05, 0.1) is 29.1 Å². The summed E-state index contributed by atoms with van der Waals surface area (Å²) in [5, 5.41) is 35.1. The van der Waals surface area contributed by atoms with E-state index in [0.717, 1.165) is 18.2 Å². The fourth-order valence-corrected chi connectivity index (χ4v) is 5.83. The molecular formula is C26H32N2O9S. The molecule has 0 saturated heterocycles. The second-order valence-electron chi connectivity index (χ2n) is 9.76. The van der Waals surface area contributed by atoms with Crippen molar-refractivity contribution in [1.82, 2.24) is 10.6 Å². The zero-order chi connectivity index (χ0) is 28.3. The number of Topliss-reactive ketones (excluding diaryl/α,β-unsaturated/α-hetero) is 2. The van der Waals surface area contributed by atoms with Crippen LogP contribution in [0.25, 0.3) is 0 Å². The number of phenolic OH excluding ortho intramolecular Hbond substituents is 1. The predicted octanol–water partition coefficient (Wildman–Crippen LogP) is 2.42. The molecule has 0 aromatic heterocycles. The van der Waals surface area contributed by atoms with Gasteiger partial charge in [0.2, 0.25) is 17.5 Å². The first-order chi connectivity index (χ1) is 17.8. The average molecular weight is 549 g/mol. The second-order valence-corrected chi connectivity index (χ2v) is 10.8. The summed E-state index contributed by atoms with van der Waals surface area (Å²) < 4.78 is 6.05. The lowest BCUT2D eigenvalue weighted by atomic mass is 9.82. The first-order valence-electron chi connectivity index (χ1n) is 12.3. The fraction of sp³-hybridized carbons (Fsp3) is 0.500. The number of carboxylic acid groups (broad SMARTS) is 2. The number of hydrogen-bond donors (Lipinski definition) is 5. The van der Waals surface area contributed by atoms with E-state index in [1.165, 1.54) is 20.0 Å². The molecule has 1 heterocycles. The van der Waals surface area contributed by atoms with Crippen molar-refractivity contribution in [3.8, 4) is 5.75 Å². The van der Waals surface area contributed by atoms with Crippen molar-refractivity contribution in [1.29, 1.82) is 0 Å². The number of thioether (sulfide) groups is 1. The number of nitrogens with one attached hydrogen (secondary N) is 2. The van der Waals surface area contributed by atoms with Crippen molar-refractivity contribution in [2.24, 2.45) is 5.92 Å². The SMILES string of the molecule is CNC1=C(SC[C@H](NC(C)=O)C(=O)O)C(=O)c2c(cc3c(c2O)[C@@H](CCC(C)C)O[C@@H](CC(=O)O)C3)C1=O. The first kappa shape index (κ1) is 29.2. The van der Waals surface area contributed by atoms with Crippen molar-refractivity contribution in [3.63, 3.8) is 0 Å². The van der Waals surface area contributed by atoms with E-state index in [1.807, 2.05) is 13.8 Å². The summed E-state index contributed by atoms with van der Waals surface area (Å²) in [5.74, 6) is -4.42. The molecule has 1 aromatic carbocycles. The third-order valence-corrected chi connectivity index (χ3v) is 7.59. The molecule has 1 amide bonds. The topological polar surface area (TPSA) is 179 Å². The number of allylic oxidation sites excluding steroid dienone is 2. The molecule has 0 unspecified atom stereocenters. The Bertz CT molecular complexity index is 1210. The Morgan fingerprint density at radius 2 is 1.87 bits per heavy atom. The van der Waals surface area contributed by atoms with Crippen LogP contribution in [0.4, 0.5) is 0 Å². The Balaban J connectivity index is 2.06. The van der Waals surface area contributed by atoms with Crippen LogP contribution < -0.4 is 10.6 Å². The van der Waals surface area contributed by atoms with Gasteiger partial charge in [-0.25, -0.2) is 4.79 Å². The minimum Gasteiger partial charge on any atom is -0.507 e. The molecule has 0 fully saturated rings. The van der Waals surface area contributed by atoms with Gasteiger partial charge in [0, 0.05) is 30.9 Å². The van der Waals surface area contributed by atoms with E-state index in [1.54, 1.807) is 0 Å². The Morgan fingerprint density at radius 3 is 2.42 bits per heavy atom. The van der Waals surface area contributed by atoms with Crippen molar-refractivity contribution in [2.45, 2.75) is 64.7 Å². The third-order valence-electron chi connectivity index (χ3n) is 6.41. The number of ketones is 2. The number of hydrogen-bond acceptors (Lipinski definition) is 9. The lowest BCUT2D eigenvalue weighted by Gasteiger charge is -2.34. The van der Waals surface area contributed by atoms with Gasteiger partial charge >= 0.3 is 11.9 Å². The summed E-state index contributed by atoms with van der Waals surface area (Å²) in [5.41, 5.74) is 0.652. The molecule has 1 aliphatic carbocycles. The number of rotatable bonds is 11. The second kappa shape index (κ2) is 12.0. The van der Waals surface area contributed by atoms with Gasteiger partial charge in [0.25, 0.3) is 0 Å². The van der Waals surface area contributed by atoms with E-state index < -0.39 is 47.7 Å². The normalized spacial score (nSPS) is 19.6. The number of fused-ring (bicyclic) bond motifs is 2. The van der Waals surface area contributed by atoms with Crippen LogP contribution in [0.1, 0.15) is 78.0 Å². The van der Waals surface area contributed by atoms with Gasteiger partial charge in [0.15, 0.2) is 0 Å². The monoisotopic (exact) mass is 548 g/mol. The molecule has 12 heteroatoms. The maximum Gasteiger partial charge on any atom is 0.327 e. The number of benzene rings is 1. The van der Waals surface area contributed by atoms with Crippen LogP contribution in [-0.2, 0) is 25.5 Å². The number of carbonyl (C=O) groups is 5. The molecule has 0 radical (unpaired) electrons. The minimum absolute atomic E-state index is 0.0184. The number of carboxylic acids is 2. The number of amides is 1. The summed E-state index contributed by atoms with van der Waals surface area (Å²) in [6.45, 7) is 5.21. The zero-order valence-electron chi connectivity index (χ0n) is 21.6. The van der Waals surface area contributed by atoms with Crippen molar-refractivity contribution < 1.29 is 44.0 Å². The van der Waals surface area contributed by atoms with Crippen LogP contribution >= 0.6 is 11.8 Å². The predicted molar refractivity (Wildman–Crippen MR) is 138 cm³/mol. The van der Waals surface area contributed by atoms with Crippen molar-refractivity contribution in [2.75, 3.05) is 12.8 Å². The Labute approximate surface area is 224 Å². The van der Waals surface area contributed by atoms with E-state index in [9.17, 15) is 39.3 Å². The van der Waals surface area contributed by atoms with E-state index in [2.05, 4.69) is 10.6 Å². The molecule has 3 atom stereocenters. The maximum atomic E-state index is 13.6. The number of carbonyl (C=O) groups excluding carboxylic acids is 3. The highest BCUT2D eigenvalue weighted by atomic mass is 32.2. The van der Waals surface area contributed by atoms with Gasteiger partial charge < -0.3 is 30.7 Å². The summed E-state index contributed by atoms with van der Waals surface area (Å²) in [4.78, 5) is 61.3. The minimum atomic E-state index is -1.30. The molecular weight excluding hydrogens is 516 g/mol. The number of ether oxygens (including phenoxy) is 1. The molecule has 5 N–H and O–H groups in total. The summed E-state index contributed by atoms with van der Waals surface area (Å²) in [6, 6.07) is 0.227. The zero-order valence-corrected chi connectivity index (χ0v) is 22.4. The van der Waals surface area contributed by atoms with Crippen LogP contribution in [0.15, 0.2) is 16.7 Å². The summed E-state index contributed by atoms with van der Waals surface area (Å²) in [7, 11) is 1.45. The van der Waals surface area contributed by atoms with Crippen LogP contribution in [0.2, 0.25) is 0 Å². The lowest BCUT2D eigenvalue weighted by molar-refractivity contribution is -0.142. The van der Waals surface area contributed by atoms with Crippen molar-refractivity contribution >= 4 is 41.2 Å². The molecule has 3 rings (SSSR count). The Morgan fingerprint density at radius 1 is 1.18 bits per heavy atom. The average Bonchev–Trinajstić information content (AvgIpc) is 2.81. The molecule has 206 valence electrons. The van der Waals surface area contributed by atoms with Gasteiger partial charge in [-0.15, -0.1) is 11.8 Å². The molecule has 1 aromatic rings. The van der Waals surface area contributed by atoms with Crippen LogP contribution in [0.5, 0.6) is 5.75 Å². The first-order valence-corrected chi connectivity index (χ1v) is 13.2. The van der Waals surface area contributed by atoms with E-state index >= 15 is 0 Å². The van der Waals surface area contributed by atoms with E-state index in [-0.39, 0.29) is 46.1 Å². The highest BCUT2D eigenvalue weighted by Gasteiger charge is 2.40. The largest absolute Gasteiger partial charge is 0.507 e. The molecule has 0 saturated carbocycles. The van der Waals surface area contributed by atoms with Gasteiger partial charge in [-0.2, -0.15) is 0 Å². The van der Waals surface area contributed by atoms with E-state index in [0.29, 0.717) is 23.5 Å². The Kier molecular flexibility index (Phi) is 9.21. The van der Waals surface area contributed by atoms with E-state index in [4.69, 9.17) is 4.74 Å². The van der Waals surface area contributed by atoms with Crippen LogP contribution in [0.3, 0.4) is 0 Å². The van der Waals surface area contributed by atoms with Crippen molar-refractivity contribution in [3.05, 3.63) is 38.9 Å². The quantitative estimate of drug-likeness (QED) is 0.274. The highest BCUT2D eigenvalue weighted by Crippen LogP contribution is 2.46. The fourth-order valence-electron chi connectivity index (χ4n) is 4.70. The molecule has 0 bridgehead atoms. The third kappa shape index (κ3) is 6.18. The Hall–Kier alpha value is -3.38. The van der Waals surface area contributed by atoms with Crippen LogP contribution in [0, 0.1) is 5.92 Å². The smallest absolute Gasteiger partial charge is 0.327 e.